The second-order valence-corrected chi connectivity index (χ2v) is 6.33. The van der Waals surface area contributed by atoms with Crippen molar-refractivity contribution in [2.24, 2.45) is 0 Å². The Bertz CT molecular complexity index is 437. The third-order valence-electron chi connectivity index (χ3n) is 3.86. The molecule has 0 saturated carbocycles. The van der Waals surface area contributed by atoms with Gasteiger partial charge in [-0.2, -0.15) is 0 Å². The molecule has 0 atom stereocenters. The topological polar surface area (TPSA) is 83.8 Å². The number of carboxylic acids is 1. The van der Waals surface area contributed by atoms with E-state index in [1.54, 1.807) is 0 Å². The van der Waals surface area contributed by atoms with Gasteiger partial charge in [0.2, 0.25) is 0 Å². The number of carbonyl (C=O) groups excluding carboxylic acids is 1. The number of hydrogen-bond donors (Lipinski definition) is 2. The van der Waals surface area contributed by atoms with E-state index in [-0.39, 0.29) is 11.5 Å². The largest absolute Gasteiger partial charge is 0.512 e. The van der Waals surface area contributed by atoms with Crippen LogP contribution in [-0.4, -0.2) is 22.2 Å². The minimum atomic E-state index is -1.14. The van der Waals surface area contributed by atoms with E-state index in [2.05, 4.69) is 13.8 Å². The van der Waals surface area contributed by atoms with Crippen LogP contribution in [0.1, 0.15) is 90.9 Å². The van der Waals surface area contributed by atoms with Crippen molar-refractivity contribution < 1.29 is 24.5 Å². The van der Waals surface area contributed by atoms with E-state index in [0.717, 1.165) is 69.9 Å². The van der Waals surface area contributed by atoms with Gasteiger partial charge in [-0.1, -0.05) is 65.2 Å². The SMILES string of the molecule is CCCCCCCC(O)=CC(=O)OC(=CC(=O)O)CCCCCCC. The molecule has 0 aromatic carbocycles. The Labute approximate surface area is 151 Å². The lowest BCUT2D eigenvalue weighted by atomic mass is 10.1. The molecule has 0 bridgehead atoms. The summed E-state index contributed by atoms with van der Waals surface area (Å²) in [5.74, 6) is -1.73. The Hall–Kier alpha value is -1.78. The molecule has 0 aliphatic heterocycles. The van der Waals surface area contributed by atoms with Crippen molar-refractivity contribution in [3.63, 3.8) is 0 Å². The molecule has 0 aliphatic rings. The van der Waals surface area contributed by atoms with Gasteiger partial charge in [0.05, 0.1) is 17.9 Å². The zero-order valence-electron chi connectivity index (χ0n) is 15.8. The van der Waals surface area contributed by atoms with Gasteiger partial charge in [0, 0.05) is 12.8 Å². The van der Waals surface area contributed by atoms with Crippen molar-refractivity contribution in [3.05, 3.63) is 23.7 Å². The third-order valence-corrected chi connectivity index (χ3v) is 3.86. The predicted octanol–water partition coefficient (Wildman–Crippen LogP) is 5.66. The smallest absolute Gasteiger partial charge is 0.339 e. The number of unbranched alkanes of at least 4 members (excludes halogenated alkanes) is 8. The molecule has 0 radical (unpaired) electrons. The van der Waals surface area contributed by atoms with Gasteiger partial charge in [-0.05, 0) is 12.8 Å². The molecule has 0 rings (SSSR count). The van der Waals surface area contributed by atoms with Gasteiger partial charge in [0.25, 0.3) is 0 Å². The van der Waals surface area contributed by atoms with Crippen LogP contribution < -0.4 is 0 Å². The molecule has 0 aromatic rings. The number of rotatable bonds is 15. The Morgan fingerprint density at radius 2 is 1.28 bits per heavy atom. The summed E-state index contributed by atoms with van der Waals surface area (Å²) >= 11 is 0. The van der Waals surface area contributed by atoms with Crippen LogP contribution >= 0.6 is 0 Å². The van der Waals surface area contributed by atoms with Gasteiger partial charge in [-0.3, -0.25) is 0 Å². The van der Waals surface area contributed by atoms with Crippen LogP contribution in [0.5, 0.6) is 0 Å². The lowest BCUT2D eigenvalue weighted by Crippen LogP contribution is -2.05. The highest BCUT2D eigenvalue weighted by Crippen LogP contribution is 2.14. The van der Waals surface area contributed by atoms with Crippen molar-refractivity contribution in [2.45, 2.75) is 90.9 Å². The average Bonchev–Trinajstić information content (AvgIpc) is 2.53. The number of ether oxygens (including phenoxy) is 1. The maximum absolute atomic E-state index is 11.8. The van der Waals surface area contributed by atoms with Crippen molar-refractivity contribution in [1.29, 1.82) is 0 Å². The highest BCUT2D eigenvalue weighted by Gasteiger charge is 2.09. The summed E-state index contributed by atoms with van der Waals surface area (Å²) < 4.78 is 5.09. The van der Waals surface area contributed by atoms with Gasteiger partial charge in [-0.25, -0.2) is 9.59 Å². The first-order valence-corrected chi connectivity index (χ1v) is 9.54. The monoisotopic (exact) mass is 354 g/mol. The average molecular weight is 354 g/mol. The van der Waals surface area contributed by atoms with E-state index in [1.165, 1.54) is 6.42 Å². The van der Waals surface area contributed by atoms with Crippen LogP contribution in [0.15, 0.2) is 23.7 Å². The van der Waals surface area contributed by atoms with Gasteiger partial charge < -0.3 is 14.9 Å². The van der Waals surface area contributed by atoms with Crippen molar-refractivity contribution >= 4 is 11.9 Å². The molecule has 0 saturated heterocycles. The van der Waals surface area contributed by atoms with Crippen LogP contribution in [-0.2, 0) is 14.3 Å². The number of aliphatic hydroxyl groups is 1. The summed E-state index contributed by atoms with van der Waals surface area (Å²) in [6.45, 7) is 4.26. The number of esters is 1. The molecule has 5 nitrogen and oxygen atoms in total. The normalized spacial score (nSPS) is 12.2. The van der Waals surface area contributed by atoms with Crippen LogP contribution in [0.2, 0.25) is 0 Å². The number of carboxylic acid groups (broad SMARTS) is 1. The van der Waals surface area contributed by atoms with Gasteiger partial charge in [0.1, 0.15) is 5.76 Å². The number of carbonyl (C=O) groups is 2. The van der Waals surface area contributed by atoms with Crippen LogP contribution in [0.25, 0.3) is 0 Å². The van der Waals surface area contributed by atoms with E-state index in [0.29, 0.717) is 12.8 Å². The zero-order chi connectivity index (χ0) is 18.9. The quantitative estimate of drug-likeness (QED) is 0.171. The predicted molar refractivity (Wildman–Crippen MR) is 99.3 cm³/mol. The zero-order valence-corrected chi connectivity index (χ0v) is 15.8. The molecule has 0 heterocycles. The summed E-state index contributed by atoms with van der Waals surface area (Å²) in [5, 5.41) is 18.6. The molecule has 144 valence electrons. The maximum Gasteiger partial charge on any atom is 0.339 e. The molecular formula is C20H34O5. The van der Waals surface area contributed by atoms with Crippen molar-refractivity contribution in [2.75, 3.05) is 0 Å². The van der Waals surface area contributed by atoms with E-state index in [9.17, 15) is 14.7 Å². The fraction of sp³-hybridized carbons (Fsp3) is 0.700. The molecule has 0 aromatic heterocycles. The summed E-state index contributed by atoms with van der Waals surface area (Å²) in [6.07, 6.45) is 13.2. The number of hydrogen-bond acceptors (Lipinski definition) is 4. The first kappa shape index (κ1) is 23.2. The summed E-state index contributed by atoms with van der Waals surface area (Å²) in [6, 6.07) is 0. The van der Waals surface area contributed by atoms with Gasteiger partial charge in [0.15, 0.2) is 0 Å². The molecule has 0 aliphatic carbocycles. The molecule has 5 heteroatoms. The minimum absolute atomic E-state index is 0.0147. The first-order chi connectivity index (χ1) is 12.0. The fourth-order valence-corrected chi connectivity index (χ4v) is 2.47. The summed E-state index contributed by atoms with van der Waals surface area (Å²) in [4.78, 5) is 22.7. The Morgan fingerprint density at radius 1 is 0.760 bits per heavy atom. The minimum Gasteiger partial charge on any atom is -0.512 e. The fourth-order valence-electron chi connectivity index (χ4n) is 2.47. The first-order valence-electron chi connectivity index (χ1n) is 9.54. The highest BCUT2D eigenvalue weighted by atomic mass is 16.5. The second-order valence-electron chi connectivity index (χ2n) is 6.33. The number of aliphatic carboxylic acids is 1. The van der Waals surface area contributed by atoms with E-state index in [4.69, 9.17) is 9.84 Å². The molecule has 0 unspecified atom stereocenters. The van der Waals surface area contributed by atoms with Gasteiger partial charge >= 0.3 is 11.9 Å². The van der Waals surface area contributed by atoms with Crippen molar-refractivity contribution in [1.82, 2.24) is 0 Å². The van der Waals surface area contributed by atoms with Crippen LogP contribution in [0, 0.1) is 0 Å². The van der Waals surface area contributed by atoms with E-state index in [1.807, 2.05) is 0 Å². The number of aliphatic hydroxyl groups excluding tert-OH is 1. The molecule has 0 spiro atoms. The number of allylic oxidation sites excluding steroid dienone is 2. The van der Waals surface area contributed by atoms with Gasteiger partial charge in [-0.15, -0.1) is 0 Å². The Balaban J connectivity index is 4.31. The standard InChI is InChI=1S/C20H34O5/c1-3-5-7-9-11-13-17(21)15-20(24)25-18(16-19(22)23)14-12-10-8-6-4-2/h15-16,21H,3-14H2,1-2H3,(H,22,23). The molecular weight excluding hydrogens is 320 g/mol. The molecule has 0 fully saturated rings. The molecule has 0 amide bonds. The summed E-state index contributed by atoms with van der Waals surface area (Å²) in [5.41, 5.74) is 0. The summed E-state index contributed by atoms with van der Waals surface area (Å²) in [7, 11) is 0. The molecule has 25 heavy (non-hydrogen) atoms. The van der Waals surface area contributed by atoms with E-state index < -0.39 is 11.9 Å². The molecule has 2 N–H and O–H groups in total. The van der Waals surface area contributed by atoms with Crippen molar-refractivity contribution in [3.8, 4) is 0 Å². The Kier molecular flexibility index (Phi) is 14.6. The Morgan fingerprint density at radius 3 is 1.80 bits per heavy atom. The third kappa shape index (κ3) is 15.5. The second kappa shape index (κ2) is 15.7. The lowest BCUT2D eigenvalue weighted by molar-refractivity contribution is -0.134. The van der Waals surface area contributed by atoms with E-state index >= 15 is 0 Å². The highest BCUT2D eigenvalue weighted by molar-refractivity contribution is 5.85. The van der Waals surface area contributed by atoms with Crippen LogP contribution in [0.3, 0.4) is 0 Å². The maximum atomic E-state index is 11.8. The lowest BCUT2D eigenvalue weighted by Gasteiger charge is -2.07. The van der Waals surface area contributed by atoms with Crippen LogP contribution in [0.4, 0.5) is 0 Å².